The highest BCUT2D eigenvalue weighted by atomic mass is 16.1. The molecule has 0 saturated carbocycles. The van der Waals surface area contributed by atoms with E-state index in [-0.39, 0.29) is 5.78 Å². The number of ketones is 1. The molecule has 3 nitrogen and oxygen atoms in total. The van der Waals surface area contributed by atoms with Gasteiger partial charge in [0.05, 0.1) is 5.69 Å². The maximum absolute atomic E-state index is 11.3. The Morgan fingerprint density at radius 3 is 3.07 bits per heavy atom. The molecule has 1 aromatic heterocycles. The zero-order valence-electron chi connectivity index (χ0n) is 8.55. The van der Waals surface area contributed by atoms with Crippen LogP contribution in [0.3, 0.4) is 0 Å². The van der Waals surface area contributed by atoms with E-state index in [0.717, 1.165) is 18.5 Å². The molecule has 2 N–H and O–H groups in total. The molecular formula is C12H12N2O. The maximum atomic E-state index is 11.3. The van der Waals surface area contributed by atoms with Crippen molar-refractivity contribution in [3.63, 3.8) is 0 Å². The molecule has 0 aliphatic carbocycles. The largest absolute Gasteiger partial charge is 0.384 e. The van der Waals surface area contributed by atoms with Gasteiger partial charge in [0.15, 0.2) is 5.78 Å². The van der Waals surface area contributed by atoms with E-state index < -0.39 is 0 Å². The molecule has 3 heteroatoms. The number of Topliss-reactive ketones (excluding diaryl/α,β-unsaturated/α-hetero) is 1. The Labute approximate surface area is 87.5 Å². The number of aromatic nitrogens is 1. The third kappa shape index (κ3) is 1.16. The monoisotopic (exact) mass is 200 g/mol. The summed E-state index contributed by atoms with van der Waals surface area (Å²) in [5.74, 6) is 0.0888. The van der Waals surface area contributed by atoms with Crippen molar-refractivity contribution in [2.75, 3.05) is 11.9 Å². The van der Waals surface area contributed by atoms with Crippen molar-refractivity contribution < 1.29 is 4.79 Å². The fraction of sp³-hybridized carbons (Fsp3) is 0.250. The Kier molecular flexibility index (Phi) is 1.63. The smallest absolute Gasteiger partial charge is 0.175 e. The fourth-order valence-electron chi connectivity index (χ4n) is 2.21. The van der Waals surface area contributed by atoms with E-state index in [1.54, 1.807) is 6.92 Å². The molecule has 0 unspecified atom stereocenters. The summed E-state index contributed by atoms with van der Waals surface area (Å²) in [6, 6.07) is 6.06. The molecule has 1 aromatic carbocycles. The molecule has 0 radical (unpaired) electrons. The van der Waals surface area contributed by atoms with Crippen LogP contribution in [-0.4, -0.2) is 17.3 Å². The lowest BCUT2D eigenvalue weighted by Crippen LogP contribution is -1.90. The van der Waals surface area contributed by atoms with Crippen molar-refractivity contribution in [3.8, 4) is 0 Å². The Bertz CT molecular complexity index is 554. The lowest BCUT2D eigenvalue weighted by Gasteiger charge is -1.99. The minimum Gasteiger partial charge on any atom is -0.384 e. The van der Waals surface area contributed by atoms with Crippen molar-refractivity contribution in [2.24, 2.45) is 0 Å². The number of nitrogens with one attached hydrogen (secondary N) is 2. The van der Waals surface area contributed by atoms with E-state index in [1.807, 2.05) is 12.1 Å². The Balaban J connectivity index is 2.31. The Morgan fingerprint density at radius 2 is 2.27 bits per heavy atom. The number of H-pyrrole nitrogens is 1. The van der Waals surface area contributed by atoms with Gasteiger partial charge in [0.2, 0.25) is 0 Å². The van der Waals surface area contributed by atoms with Gasteiger partial charge in [-0.25, -0.2) is 0 Å². The number of benzene rings is 1. The van der Waals surface area contributed by atoms with Crippen LogP contribution in [0.15, 0.2) is 18.2 Å². The van der Waals surface area contributed by atoms with Crippen LogP contribution in [0, 0.1) is 0 Å². The summed E-state index contributed by atoms with van der Waals surface area (Å²) < 4.78 is 0. The van der Waals surface area contributed by atoms with Crippen molar-refractivity contribution in [1.82, 2.24) is 4.98 Å². The molecule has 15 heavy (non-hydrogen) atoms. The van der Waals surface area contributed by atoms with Crippen LogP contribution in [0.5, 0.6) is 0 Å². The number of carbonyl (C=O) groups excluding carboxylic acids is 1. The first-order chi connectivity index (χ1) is 7.25. The highest BCUT2D eigenvalue weighted by molar-refractivity contribution is 6.00. The summed E-state index contributed by atoms with van der Waals surface area (Å²) in [6.07, 6.45) is 1.04. The van der Waals surface area contributed by atoms with Gasteiger partial charge in [-0.05, 0) is 30.2 Å². The van der Waals surface area contributed by atoms with Gasteiger partial charge in [-0.3, -0.25) is 4.79 Å². The third-order valence-corrected chi connectivity index (χ3v) is 2.98. The average Bonchev–Trinajstić information content (AvgIpc) is 2.82. The molecular weight excluding hydrogens is 188 g/mol. The SMILES string of the molecule is CC(=O)c1cc2c3c(ccc2[nH]1)NCC3. The molecule has 0 saturated heterocycles. The zero-order valence-corrected chi connectivity index (χ0v) is 8.55. The summed E-state index contributed by atoms with van der Waals surface area (Å²) in [4.78, 5) is 14.4. The molecule has 0 atom stereocenters. The first-order valence-electron chi connectivity index (χ1n) is 5.15. The van der Waals surface area contributed by atoms with Crippen molar-refractivity contribution in [1.29, 1.82) is 0 Å². The lowest BCUT2D eigenvalue weighted by molar-refractivity contribution is 0.101. The van der Waals surface area contributed by atoms with E-state index in [9.17, 15) is 4.79 Å². The molecule has 0 spiro atoms. The van der Waals surface area contributed by atoms with Crippen molar-refractivity contribution in [3.05, 3.63) is 29.5 Å². The van der Waals surface area contributed by atoms with Crippen molar-refractivity contribution >= 4 is 22.4 Å². The summed E-state index contributed by atoms with van der Waals surface area (Å²) in [7, 11) is 0. The van der Waals surface area contributed by atoms with Crippen LogP contribution in [-0.2, 0) is 6.42 Å². The standard InChI is InChI=1S/C12H12N2O/c1-7(15)12-6-9-8-4-5-13-10(8)2-3-11(9)14-12/h2-3,6,13-14H,4-5H2,1H3. The lowest BCUT2D eigenvalue weighted by atomic mass is 10.1. The van der Waals surface area contributed by atoms with Crippen LogP contribution in [0.2, 0.25) is 0 Å². The quantitative estimate of drug-likeness (QED) is 0.694. The second-order valence-corrected chi connectivity index (χ2v) is 3.97. The highest BCUT2D eigenvalue weighted by Crippen LogP contribution is 2.30. The van der Waals surface area contributed by atoms with Gasteiger partial charge in [-0.15, -0.1) is 0 Å². The second-order valence-electron chi connectivity index (χ2n) is 3.97. The first kappa shape index (κ1) is 8.53. The summed E-state index contributed by atoms with van der Waals surface area (Å²) in [5, 5.41) is 4.51. The molecule has 0 amide bonds. The number of anilines is 1. The first-order valence-corrected chi connectivity index (χ1v) is 5.15. The van der Waals surface area contributed by atoms with E-state index >= 15 is 0 Å². The van der Waals surface area contributed by atoms with E-state index in [4.69, 9.17) is 0 Å². The highest BCUT2D eigenvalue weighted by Gasteiger charge is 2.15. The number of aromatic amines is 1. The maximum Gasteiger partial charge on any atom is 0.175 e. The Morgan fingerprint density at radius 1 is 1.40 bits per heavy atom. The molecule has 0 fully saturated rings. The summed E-state index contributed by atoms with van der Waals surface area (Å²) >= 11 is 0. The van der Waals surface area contributed by atoms with Crippen LogP contribution in [0.4, 0.5) is 5.69 Å². The number of fused-ring (bicyclic) bond motifs is 3. The van der Waals surface area contributed by atoms with E-state index in [1.165, 1.54) is 16.6 Å². The minimum atomic E-state index is 0.0888. The average molecular weight is 200 g/mol. The predicted octanol–water partition coefficient (Wildman–Crippen LogP) is 2.34. The molecule has 0 bridgehead atoms. The van der Waals surface area contributed by atoms with Crippen molar-refractivity contribution in [2.45, 2.75) is 13.3 Å². The Hall–Kier alpha value is -1.77. The van der Waals surface area contributed by atoms with Crippen LogP contribution in [0.25, 0.3) is 10.9 Å². The van der Waals surface area contributed by atoms with Crippen LogP contribution >= 0.6 is 0 Å². The van der Waals surface area contributed by atoms with Gasteiger partial charge in [0.1, 0.15) is 0 Å². The van der Waals surface area contributed by atoms with Gasteiger partial charge < -0.3 is 10.3 Å². The predicted molar refractivity (Wildman–Crippen MR) is 60.5 cm³/mol. The molecule has 1 aliphatic heterocycles. The number of hydrogen-bond donors (Lipinski definition) is 2. The minimum absolute atomic E-state index is 0.0888. The van der Waals surface area contributed by atoms with Gasteiger partial charge in [-0.2, -0.15) is 0 Å². The summed E-state index contributed by atoms with van der Waals surface area (Å²) in [5.41, 5.74) is 4.29. The summed E-state index contributed by atoms with van der Waals surface area (Å²) in [6.45, 7) is 2.58. The number of carbonyl (C=O) groups is 1. The van der Waals surface area contributed by atoms with Gasteiger partial charge >= 0.3 is 0 Å². The number of hydrogen-bond acceptors (Lipinski definition) is 2. The van der Waals surface area contributed by atoms with Gasteiger partial charge in [0, 0.05) is 30.1 Å². The topological polar surface area (TPSA) is 44.9 Å². The third-order valence-electron chi connectivity index (χ3n) is 2.98. The van der Waals surface area contributed by atoms with Gasteiger partial charge in [-0.1, -0.05) is 0 Å². The van der Waals surface area contributed by atoms with E-state index in [0.29, 0.717) is 5.69 Å². The second kappa shape index (κ2) is 2.86. The zero-order chi connectivity index (χ0) is 10.4. The molecule has 2 aromatic rings. The molecule has 76 valence electrons. The van der Waals surface area contributed by atoms with E-state index in [2.05, 4.69) is 16.4 Å². The molecule has 2 heterocycles. The van der Waals surface area contributed by atoms with Gasteiger partial charge in [0.25, 0.3) is 0 Å². The number of rotatable bonds is 1. The molecule has 1 aliphatic rings. The van der Waals surface area contributed by atoms with Crippen LogP contribution < -0.4 is 5.32 Å². The normalized spacial score (nSPS) is 13.9. The molecule has 3 rings (SSSR count). The fourth-order valence-corrected chi connectivity index (χ4v) is 2.21. The van der Waals surface area contributed by atoms with Crippen LogP contribution in [0.1, 0.15) is 23.0 Å².